The van der Waals surface area contributed by atoms with Crippen molar-refractivity contribution in [1.82, 2.24) is 10.2 Å². The molecular formula is C19H19N3O5S2. The molecule has 0 fully saturated rings. The number of hydrogen-bond acceptors (Lipinski definition) is 8. The number of aromatic nitrogens is 2. The first kappa shape index (κ1) is 20.9. The van der Waals surface area contributed by atoms with Crippen LogP contribution in [0.25, 0.3) is 0 Å². The van der Waals surface area contributed by atoms with Crippen molar-refractivity contribution in [2.75, 3.05) is 18.2 Å². The van der Waals surface area contributed by atoms with Crippen molar-refractivity contribution in [1.29, 1.82) is 0 Å². The van der Waals surface area contributed by atoms with Crippen LogP contribution in [-0.4, -0.2) is 37.4 Å². The van der Waals surface area contributed by atoms with Gasteiger partial charge in [0.25, 0.3) is 0 Å². The summed E-state index contributed by atoms with van der Waals surface area (Å²) in [6.07, 6.45) is 0.233. The van der Waals surface area contributed by atoms with E-state index in [1.807, 2.05) is 24.3 Å². The largest absolute Gasteiger partial charge is 0.497 e. The summed E-state index contributed by atoms with van der Waals surface area (Å²) in [6.45, 7) is 0. The van der Waals surface area contributed by atoms with E-state index in [1.165, 1.54) is 23.9 Å². The van der Waals surface area contributed by atoms with Gasteiger partial charge in [0.2, 0.25) is 11.8 Å². The Morgan fingerprint density at radius 3 is 2.52 bits per heavy atom. The van der Waals surface area contributed by atoms with E-state index in [0.717, 1.165) is 10.6 Å². The zero-order valence-corrected chi connectivity index (χ0v) is 17.2. The number of amides is 1. The predicted molar refractivity (Wildman–Crippen MR) is 109 cm³/mol. The summed E-state index contributed by atoms with van der Waals surface area (Å²) in [6, 6.07) is 15.4. The van der Waals surface area contributed by atoms with E-state index in [1.54, 1.807) is 25.3 Å². The number of sulfone groups is 1. The zero-order valence-electron chi connectivity index (χ0n) is 15.6. The maximum Gasteiger partial charge on any atom is 0.322 e. The third-order valence-corrected chi connectivity index (χ3v) is 6.42. The lowest BCUT2D eigenvalue weighted by Gasteiger charge is -2.03. The minimum atomic E-state index is -3.60. The van der Waals surface area contributed by atoms with Crippen molar-refractivity contribution in [2.45, 2.75) is 22.0 Å². The number of benzene rings is 2. The molecule has 29 heavy (non-hydrogen) atoms. The highest BCUT2D eigenvalue weighted by Gasteiger charge is 2.20. The number of carbonyl (C=O) groups excluding carboxylic acids is 1. The van der Waals surface area contributed by atoms with Crippen molar-refractivity contribution in [2.24, 2.45) is 0 Å². The SMILES string of the molecule is COc1ccc(SCCC(=O)Nc2nnc(CS(=O)(=O)c3ccccc3)o2)cc1. The van der Waals surface area contributed by atoms with Crippen molar-refractivity contribution in [3.63, 3.8) is 0 Å². The average molecular weight is 434 g/mol. The van der Waals surface area contributed by atoms with Crippen LogP contribution in [0.15, 0.2) is 68.8 Å². The van der Waals surface area contributed by atoms with Crippen molar-refractivity contribution in [3.8, 4) is 5.75 Å². The fourth-order valence-electron chi connectivity index (χ4n) is 2.35. The monoisotopic (exact) mass is 433 g/mol. The molecule has 0 aliphatic heterocycles. The van der Waals surface area contributed by atoms with Crippen LogP contribution in [0.3, 0.4) is 0 Å². The highest BCUT2D eigenvalue weighted by atomic mass is 32.2. The van der Waals surface area contributed by atoms with Crippen molar-refractivity contribution >= 4 is 33.5 Å². The number of methoxy groups -OCH3 is 1. The molecule has 10 heteroatoms. The number of rotatable bonds is 9. The van der Waals surface area contributed by atoms with E-state index in [9.17, 15) is 13.2 Å². The Morgan fingerprint density at radius 1 is 1.10 bits per heavy atom. The predicted octanol–water partition coefficient (Wildman–Crippen LogP) is 3.17. The molecular weight excluding hydrogens is 414 g/mol. The van der Waals surface area contributed by atoms with Gasteiger partial charge in [-0.1, -0.05) is 23.3 Å². The number of nitrogens with one attached hydrogen (secondary N) is 1. The molecule has 0 aliphatic rings. The second-order valence-electron chi connectivity index (χ2n) is 5.90. The summed E-state index contributed by atoms with van der Waals surface area (Å²) in [5.41, 5.74) is 0. The van der Waals surface area contributed by atoms with Gasteiger partial charge in [0.15, 0.2) is 9.84 Å². The molecule has 0 saturated heterocycles. The second kappa shape index (κ2) is 9.57. The fourth-order valence-corrected chi connectivity index (χ4v) is 4.38. The highest BCUT2D eigenvalue weighted by Crippen LogP contribution is 2.22. The van der Waals surface area contributed by atoms with Gasteiger partial charge < -0.3 is 9.15 Å². The van der Waals surface area contributed by atoms with Crippen molar-refractivity contribution in [3.05, 3.63) is 60.5 Å². The maximum atomic E-state index is 12.3. The normalized spacial score (nSPS) is 11.2. The molecule has 152 valence electrons. The lowest BCUT2D eigenvalue weighted by Crippen LogP contribution is -2.12. The molecule has 8 nitrogen and oxygen atoms in total. The smallest absolute Gasteiger partial charge is 0.322 e. The van der Waals surface area contributed by atoms with Crippen molar-refractivity contribution < 1.29 is 22.4 Å². The molecule has 0 atom stereocenters. The van der Waals surface area contributed by atoms with Crippen LogP contribution in [-0.2, 0) is 20.4 Å². The number of nitrogens with zero attached hydrogens (tertiary/aromatic N) is 2. The van der Waals surface area contributed by atoms with Gasteiger partial charge in [0, 0.05) is 17.1 Å². The van der Waals surface area contributed by atoms with Gasteiger partial charge in [-0.15, -0.1) is 16.9 Å². The van der Waals surface area contributed by atoms with Crippen LogP contribution < -0.4 is 10.1 Å². The Bertz CT molecular complexity index is 1050. The van der Waals surface area contributed by atoms with Crippen LogP contribution in [0.2, 0.25) is 0 Å². The minimum absolute atomic E-state index is 0.0863. The first-order valence-electron chi connectivity index (χ1n) is 8.63. The van der Waals surface area contributed by atoms with Gasteiger partial charge in [0.05, 0.1) is 12.0 Å². The van der Waals surface area contributed by atoms with E-state index < -0.39 is 15.6 Å². The first-order valence-corrected chi connectivity index (χ1v) is 11.3. The third-order valence-electron chi connectivity index (χ3n) is 3.79. The van der Waals surface area contributed by atoms with Gasteiger partial charge in [-0.3, -0.25) is 10.1 Å². The van der Waals surface area contributed by atoms with Gasteiger partial charge in [-0.25, -0.2) is 8.42 Å². The molecule has 0 aliphatic carbocycles. The second-order valence-corrected chi connectivity index (χ2v) is 9.05. The summed E-state index contributed by atoms with van der Waals surface area (Å²) in [5.74, 6) is 0.506. The molecule has 0 spiro atoms. The fraction of sp³-hybridized carbons (Fsp3) is 0.211. The lowest BCUT2D eigenvalue weighted by molar-refractivity contribution is -0.115. The molecule has 2 aromatic carbocycles. The van der Waals surface area contributed by atoms with Crippen LogP contribution in [0, 0.1) is 0 Å². The summed E-state index contributed by atoms with van der Waals surface area (Å²) in [4.78, 5) is 13.2. The molecule has 1 heterocycles. The summed E-state index contributed by atoms with van der Waals surface area (Å²) < 4.78 is 35.0. The number of thioether (sulfide) groups is 1. The molecule has 1 N–H and O–H groups in total. The third kappa shape index (κ3) is 6.06. The number of hydrogen-bond donors (Lipinski definition) is 1. The van der Waals surface area contributed by atoms with E-state index in [0.29, 0.717) is 5.75 Å². The maximum absolute atomic E-state index is 12.3. The average Bonchev–Trinajstić information content (AvgIpc) is 3.15. The molecule has 0 radical (unpaired) electrons. The van der Waals surface area contributed by atoms with E-state index in [-0.39, 0.29) is 29.1 Å². The highest BCUT2D eigenvalue weighted by molar-refractivity contribution is 7.99. The number of ether oxygens (including phenoxy) is 1. The lowest BCUT2D eigenvalue weighted by atomic mass is 10.3. The quantitative estimate of drug-likeness (QED) is 0.512. The van der Waals surface area contributed by atoms with Gasteiger partial charge in [0.1, 0.15) is 11.5 Å². The summed E-state index contributed by atoms with van der Waals surface area (Å²) >= 11 is 1.53. The summed E-state index contributed by atoms with van der Waals surface area (Å²) in [5, 5.41) is 9.87. The summed E-state index contributed by atoms with van der Waals surface area (Å²) in [7, 11) is -2.00. The van der Waals surface area contributed by atoms with Crippen LogP contribution in [0.4, 0.5) is 6.01 Å². The van der Waals surface area contributed by atoms with Gasteiger partial charge in [-0.05, 0) is 36.4 Å². The number of anilines is 1. The van der Waals surface area contributed by atoms with E-state index in [2.05, 4.69) is 15.5 Å². The first-order chi connectivity index (χ1) is 14.0. The molecule has 3 aromatic rings. The van der Waals surface area contributed by atoms with Crippen LogP contribution in [0.1, 0.15) is 12.3 Å². The van der Waals surface area contributed by atoms with Gasteiger partial charge >= 0.3 is 6.01 Å². The topological polar surface area (TPSA) is 111 Å². The number of carbonyl (C=O) groups is 1. The molecule has 0 unspecified atom stereocenters. The molecule has 1 amide bonds. The standard InChI is InChI=1S/C19H19N3O5S2/c1-26-14-7-9-15(10-8-14)28-12-11-17(23)20-19-22-21-18(27-19)13-29(24,25)16-5-3-2-4-6-16/h2-10H,11-13H2,1H3,(H,20,22,23). The van der Waals surface area contributed by atoms with Gasteiger partial charge in [-0.2, -0.15) is 0 Å². The minimum Gasteiger partial charge on any atom is -0.497 e. The van der Waals surface area contributed by atoms with E-state index in [4.69, 9.17) is 9.15 Å². The Balaban J connectivity index is 1.48. The van der Waals surface area contributed by atoms with Crippen LogP contribution in [0.5, 0.6) is 5.75 Å². The molecule has 0 bridgehead atoms. The Labute approximate surface area is 172 Å². The van der Waals surface area contributed by atoms with E-state index >= 15 is 0 Å². The Kier molecular flexibility index (Phi) is 6.89. The molecule has 3 rings (SSSR count). The Hall–Kier alpha value is -2.85. The Morgan fingerprint density at radius 2 is 1.83 bits per heavy atom. The zero-order chi connectivity index (χ0) is 20.7. The van der Waals surface area contributed by atoms with Crippen LogP contribution >= 0.6 is 11.8 Å². The molecule has 1 aromatic heterocycles. The molecule has 0 saturated carbocycles.